The van der Waals surface area contributed by atoms with Gasteiger partial charge in [0.05, 0.1) is 13.7 Å². The third-order valence-corrected chi connectivity index (χ3v) is 2.61. The van der Waals surface area contributed by atoms with Crippen molar-refractivity contribution >= 4 is 5.90 Å². The Hall–Kier alpha value is -2.56. The lowest BCUT2D eigenvalue weighted by Gasteiger charge is -2.07. The Bertz CT molecular complexity index is 645. The topological polar surface area (TPSA) is 52.8 Å². The van der Waals surface area contributed by atoms with E-state index in [1.165, 1.54) is 17.9 Å². The molecule has 0 aliphatic carbocycles. The average Bonchev–Trinajstić information content (AvgIpc) is 2.48. The molecule has 2 rings (SSSR count). The molecule has 0 saturated heterocycles. The van der Waals surface area contributed by atoms with E-state index >= 15 is 0 Å². The van der Waals surface area contributed by atoms with E-state index in [0.29, 0.717) is 12.5 Å². The molecule has 0 fully saturated rings. The number of ether oxygens (including phenoxy) is 2. The zero-order chi connectivity index (χ0) is 14.4. The predicted molar refractivity (Wildman–Crippen MR) is 77.3 cm³/mol. The van der Waals surface area contributed by atoms with E-state index in [9.17, 15) is 4.79 Å². The Balaban J connectivity index is 2.32. The van der Waals surface area contributed by atoms with Crippen molar-refractivity contribution in [1.29, 1.82) is 0 Å². The molecule has 20 heavy (non-hydrogen) atoms. The summed E-state index contributed by atoms with van der Waals surface area (Å²) in [7, 11) is 1.52. The van der Waals surface area contributed by atoms with E-state index in [1.807, 2.05) is 31.2 Å². The van der Waals surface area contributed by atoms with Crippen molar-refractivity contribution in [3.8, 4) is 5.75 Å². The zero-order valence-electron chi connectivity index (χ0n) is 11.4. The highest BCUT2D eigenvalue weighted by Crippen LogP contribution is 2.13. The summed E-state index contributed by atoms with van der Waals surface area (Å²) in [5.74, 6) is 1.14. The number of hydrogen-bond donors (Lipinski definition) is 0. The first-order valence-electron chi connectivity index (χ1n) is 6.28. The van der Waals surface area contributed by atoms with E-state index in [0.717, 1.165) is 11.3 Å². The van der Waals surface area contributed by atoms with Crippen molar-refractivity contribution in [1.82, 2.24) is 4.68 Å². The van der Waals surface area contributed by atoms with Crippen molar-refractivity contribution in [2.45, 2.75) is 6.92 Å². The molecule has 1 aromatic carbocycles. The van der Waals surface area contributed by atoms with Crippen LogP contribution in [0.5, 0.6) is 5.75 Å². The Labute approximate surface area is 117 Å². The van der Waals surface area contributed by atoms with Crippen LogP contribution in [-0.2, 0) is 4.74 Å². The Kier molecular flexibility index (Phi) is 4.55. The van der Waals surface area contributed by atoms with Gasteiger partial charge in [-0.05, 0) is 37.3 Å². The molecule has 2 aromatic rings. The summed E-state index contributed by atoms with van der Waals surface area (Å²) in [5, 5.41) is 4.18. The molecule has 0 amide bonds. The van der Waals surface area contributed by atoms with E-state index in [4.69, 9.17) is 9.47 Å². The molecule has 104 valence electrons. The van der Waals surface area contributed by atoms with E-state index in [-0.39, 0.29) is 5.56 Å². The summed E-state index contributed by atoms with van der Waals surface area (Å²) in [4.78, 5) is 11.6. The highest BCUT2D eigenvalue weighted by Gasteiger charge is 2.05. The van der Waals surface area contributed by atoms with Gasteiger partial charge in [-0.25, -0.2) is 4.68 Å². The summed E-state index contributed by atoms with van der Waals surface area (Å²) < 4.78 is 11.9. The van der Waals surface area contributed by atoms with Crippen LogP contribution in [0.2, 0.25) is 0 Å². The monoisotopic (exact) mass is 272 g/mol. The van der Waals surface area contributed by atoms with Gasteiger partial charge in [-0.1, -0.05) is 6.07 Å². The fraction of sp³-hybridized carbons (Fsp3) is 0.200. The van der Waals surface area contributed by atoms with Gasteiger partial charge in [0.2, 0.25) is 5.90 Å². The zero-order valence-corrected chi connectivity index (χ0v) is 11.4. The quantitative estimate of drug-likeness (QED) is 0.632. The molecule has 0 aliphatic rings. The first-order valence-corrected chi connectivity index (χ1v) is 6.28. The maximum Gasteiger partial charge on any atom is 0.270 e. The van der Waals surface area contributed by atoms with Crippen molar-refractivity contribution < 1.29 is 9.47 Å². The van der Waals surface area contributed by atoms with Crippen molar-refractivity contribution in [3.63, 3.8) is 0 Å². The lowest BCUT2D eigenvalue weighted by Crippen LogP contribution is -2.17. The number of aromatic nitrogens is 1. The van der Waals surface area contributed by atoms with Gasteiger partial charge in [0.15, 0.2) is 0 Å². The smallest absolute Gasteiger partial charge is 0.270 e. The number of rotatable bonds is 4. The number of methoxy groups -OCH3 is 1. The predicted octanol–water partition coefficient (Wildman–Crippen LogP) is 2.10. The number of hydrogen-bond acceptors (Lipinski definition) is 4. The lowest BCUT2D eigenvalue weighted by molar-refractivity contribution is 0.340. The van der Waals surface area contributed by atoms with Gasteiger partial charge in [0.1, 0.15) is 5.75 Å². The summed E-state index contributed by atoms with van der Waals surface area (Å²) in [5.41, 5.74) is 0.555. The fourth-order valence-corrected chi connectivity index (χ4v) is 1.68. The summed E-state index contributed by atoms with van der Waals surface area (Å²) in [6.07, 6.45) is 1.58. The SMILES string of the molecule is CCOc1ccc(/C(=N/n2ccccc2=O)OC)cc1. The number of benzene rings is 1. The molecule has 0 radical (unpaired) electrons. The molecule has 0 N–H and O–H groups in total. The van der Waals surface area contributed by atoms with Crippen LogP contribution in [0.15, 0.2) is 58.6 Å². The summed E-state index contributed by atoms with van der Waals surface area (Å²) >= 11 is 0. The normalized spacial score (nSPS) is 11.2. The first-order chi connectivity index (χ1) is 9.74. The number of pyridine rings is 1. The fourth-order valence-electron chi connectivity index (χ4n) is 1.68. The molecule has 5 nitrogen and oxygen atoms in total. The van der Waals surface area contributed by atoms with Gasteiger partial charge >= 0.3 is 0 Å². The van der Waals surface area contributed by atoms with Crippen LogP contribution in [0.1, 0.15) is 12.5 Å². The highest BCUT2D eigenvalue weighted by molar-refractivity contribution is 5.94. The van der Waals surface area contributed by atoms with Crippen LogP contribution in [0.3, 0.4) is 0 Å². The Morgan fingerprint density at radius 3 is 2.55 bits per heavy atom. The summed E-state index contributed by atoms with van der Waals surface area (Å²) in [6, 6.07) is 12.2. The van der Waals surface area contributed by atoms with Crippen molar-refractivity contribution in [2.75, 3.05) is 13.7 Å². The van der Waals surface area contributed by atoms with Crippen LogP contribution in [-0.4, -0.2) is 24.3 Å². The molecule has 1 heterocycles. The van der Waals surface area contributed by atoms with Crippen molar-refractivity contribution in [3.05, 3.63) is 64.6 Å². The maximum absolute atomic E-state index is 11.6. The molecular formula is C15H16N2O3. The van der Waals surface area contributed by atoms with Crippen LogP contribution >= 0.6 is 0 Å². The average molecular weight is 272 g/mol. The molecule has 0 bridgehead atoms. The second kappa shape index (κ2) is 6.56. The Morgan fingerprint density at radius 2 is 1.95 bits per heavy atom. The highest BCUT2D eigenvalue weighted by atomic mass is 16.5. The lowest BCUT2D eigenvalue weighted by atomic mass is 10.2. The van der Waals surface area contributed by atoms with Crippen LogP contribution in [0, 0.1) is 0 Å². The molecule has 0 atom stereocenters. The van der Waals surface area contributed by atoms with Gasteiger partial charge in [-0.3, -0.25) is 4.79 Å². The summed E-state index contributed by atoms with van der Waals surface area (Å²) in [6.45, 7) is 2.54. The van der Waals surface area contributed by atoms with Crippen LogP contribution < -0.4 is 10.3 Å². The van der Waals surface area contributed by atoms with Crippen LogP contribution in [0.4, 0.5) is 0 Å². The third-order valence-electron chi connectivity index (χ3n) is 2.61. The molecule has 0 spiro atoms. The van der Waals surface area contributed by atoms with Crippen molar-refractivity contribution in [2.24, 2.45) is 5.10 Å². The molecule has 0 saturated carbocycles. The standard InChI is InChI=1S/C15H16N2O3/c1-3-20-13-9-7-12(8-10-13)15(19-2)16-17-11-5-4-6-14(17)18/h4-11H,3H2,1-2H3/b16-15-. The second-order valence-electron chi connectivity index (χ2n) is 3.95. The molecular weight excluding hydrogens is 256 g/mol. The van der Waals surface area contributed by atoms with E-state index in [1.54, 1.807) is 18.3 Å². The van der Waals surface area contributed by atoms with Gasteiger partial charge in [0.25, 0.3) is 5.56 Å². The molecule has 0 aliphatic heterocycles. The third kappa shape index (κ3) is 3.26. The second-order valence-corrected chi connectivity index (χ2v) is 3.95. The minimum atomic E-state index is -0.215. The molecule has 0 unspecified atom stereocenters. The molecule has 1 aromatic heterocycles. The maximum atomic E-state index is 11.6. The van der Waals surface area contributed by atoms with Gasteiger partial charge in [-0.2, -0.15) is 0 Å². The largest absolute Gasteiger partial charge is 0.494 e. The first kappa shape index (κ1) is 13.9. The van der Waals surface area contributed by atoms with Gasteiger partial charge in [-0.15, -0.1) is 5.10 Å². The van der Waals surface area contributed by atoms with Gasteiger partial charge < -0.3 is 9.47 Å². The Morgan fingerprint density at radius 1 is 1.20 bits per heavy atom. The van der Waals surface area contributed by atoms with Gasteiger partial charge in [0, 0.05) is 17.8 Å². The minimum Gasteiger partial charge on any atom is -0.494 e. The van der Waals surface area contributed by atoms with E-state index < -0.39 is 0 Å². The molecule has 5 heteroatoms. The minimum absolute atomic E-state index is 0.215. The number of nitrogens with zero attached hydrogens (tertiary/aromatic N) is 2. The van der Waals surface area contributed by atoms with Crippen LogP contribution in [0.25, 0.3) is 0 Å². The van der Waals surface area contributed by atoms with E-state index in [2.05, 4.69) is 5.10 Å².